The van der Waals surface area contributed by atoms with E-state index in [1.807, 2.05) is 0 Å². The van der Waals surface area contributed by atoms with Gasteiger partial charge in [-0.05, 0) is 36.3 Å². The van der Waals surface area contributed by atoms with Gasteiger partial charge in [0.05, 0.1) is 6.61 Å². The van der Waals surface area contributed by atoms with Crippen LogP contribution in [0.25, 0.3) is 0 Å². The fourth-order valence-electron chi connectivity index (χ4n) is 2.97. The van der Waals surface area contributed by atoms with Gasteiger partial charge in [-0.25, -0.2) is 0 Å². The molecular weight excluding hydrogens is 264 g/mol. The zero-order valence-corrected chi connectivity index (χ0v) is 11.0. The fourth-order valence-corrected chi connectivity index (χ4v) is 3.75. The van der Waals surface area contributed by atoms with Crippen molar-refractivity contribution in [3.8, 4) is 5.75 Å². The molecule has 2 unspecified atom stereocenters. The fraction of sp³-hybridized carbons (Fsp3) is 0.571. The lowest BCUT2D eigenvalue weighted by Crippen LogP contribution is -2.14. The molecule has 16 heavy (non-hydrogen) atoms. The van der Waals surface area contributed by atoms with Crippen LogP contribution in [0, 0.1) is 0 Å². The molecule has 2 atom stereocenters. The summed E-state index contributed by atoms with van der Waals surface area (Å²) in [5.41, 5.74) is 2.87. The Morgan fingerprint density at radius 1 is 1.25 bits per heavy atom. The van der Waals surface area contributed by atoms with Crippen LogP contribution < -0.4 is 4.74 Å². The van der Waals surface area contributed by atoms with Gasteiger partial charge in [-0.3, -0.25) is 0 Å². The van der Waals surface area contributed by atoms with Crippen molar-refractivity contribution in [3.63, 3.8) is 0 Å². The molecule has 0 amide bonds. The van der Waals surface area contributed by atoms with Crippen molar-refractivity contribution >= 4 is 15.9 Å². The maximum atomic E-state index is 5.80. The minimum atomic E-state index is 0.698. The minimum Gasteiger partial charge on any atom is -0.493 e. The quantitative estimate of drug-likeness (QED) is 0.706. The summed E-state index contributed by atoms with van der Waals surface area (Å²) in [4.78, 5) is 0.698. The third-order valence-electron chi connectivity index (χ3n) is 3.79. The average Bonchev–Trinajstić information content (AvgIpc) is 2.76. The summed E-state index contributed by atoms with van der Waals surface area (Å²) in [6.07, 6.45) is 6.34. The highest BCUT2D eigenvalue weighted by Gasteiger charge is 2.26. The van der Waals surface area contributed by atoms with Crippen LogP contribution >= 0.6 is 15.9 Å². The van der Waals surface area contributed by atoms with Crippen LogP contribution in [-0.4, -0.2) is 11.4 Å². The molecule has 0 bridgehead atoms. The van der Waals surface area contributed by atoms with Crippen molar-refractivity contribution in [3.05, 3.63) is 29.3 Å². The molecule has 0 aromatic heterocycles. The normalized spacial score (nSPS) is 28.6. The van der Waals surface area contributed by atoms with Gasteiger partial charge in [-0.15, -0.1) is 0 Å². The van der Waals surface area contributed by atoms with Gasteiger partial charge in [-0.1, -0.05) is 40.5 Å². The number of alkyl halides is 1. The van der Waals surface area contributed by atoms with E-state index in [2.05, 4.69) is 34.1 Å². The maximum absolute atomic E-state index is 5.80. The molecule has 3 rings (SSSR count). The molecule has 1 aliphatic heterocycles. The average molecular weight is 281 g/mol. The highest BCUT2D eigenvalue weighted by molar-refractivity contribution is 9.09. The van der Waals surface area contributed by atoms with Crippen molar-refractivity contribution in [2.75, 3.05) is 6.61 Å². The van der Waals surface area contributed by atoms with Crippen molar-refractivity contribution in [2.24, 2.45) is 0 Å². The van der Waals surface area contributed by atoms with E-state index in [-0.39, 0.29) is 0 Å². The Kier molecular flexibility index (Phi) is 2.93. The molecule has 1 aliphatic carbocycles. The smallest absolute Gasteiger partial charge is 0.126 e. The molecular formula is C14H17BrO. The Hall–Kier alpha value is -0.500. The second kappa shape index (κ2) is 4.40. The minimum absolute atomic E-state index is 0.698. The zero-order valence-electron chi connectivity index (χ0n) is 9.42. The predicted molar refractivity (Wildman–Crippen MR) is 69.6 cm³/mol. The second-order valence-corrected chi connectivity index (χ2v) is 6.19. The van der Waals surface area contributed by atoms with Crippen molar-refractivity contribution in [1.82, 2.24) is 0 Å². The van der Waals surface area contributed by atoms with E-state index >= 15 is 0 Å². The summed E-state index contributed by atoms with van der Waals surface area (Å²) in [7, 11) is 0. The first-order valence-electron chi connectivity index (χ1n) is 6.23. The van der Waals surface area contributed by atoms with Gasteiger partial charge in [-0.2, -0.15) is 0 Å². The Morgan fingerprint density at radius 2 is 2.19 bits per heavy atom. The first kappa shape index (κ1) is 10.6. The third-order valence-corrected chi connectivity index (χ3v) is 4.63. The lowest BCUT2D eigenvalue weighted by Gasteiger charge is -2.27. The summed E-state index contributed by atoms with van der Waals surface area (Å²) in [6.45, 7) is 0.872. The van der Waals surface area contributed by atoms with Crippen molar-refractivity contribution < 1.29 is 4.74 Å². The van der Waals surface area contributed by atoms with Gasteiger partial charge >= 0.3 is 0 Å². The number of fused-ring (bicyclic) bond motifs is 1. The van der Waals surface area contributed by atoms with Crippen LogP contribution in [0.15, 0.2) is 18.2 Å². The molecule has 1 saturated carbocycles. The molecule has 86 valence electrons. The molecule has 2 aliphatic rings. The molecule has 0 saturated heterocycles. The van der Waals surface area contributed by atoms with E-state index in [0.29, 0.717) is 10.7 Å². The number of hydrogen-bond donors (Lipinski definition) is 0. The van der Waals surface area contributed by atoms with Gasteiger partial charge in [0.25, 0.3) is 0 Å². The van der Waals surface area contributed by atoms with E-state index in [0.717, 1.165) is 13.0 Å². The van der Waals surface area contributed by atoms with Gasteiger partial charge < -0.3 is 4.74 Å². The van der Waals surface area contributed by atoms with E-state index < -0.39 is 0 Å². The molecule has 1 fully saturated rings. The van der Waals surface area contributed by atoms with E-state index in [9.17, 15) is 0 Å². The van der Waals surface area contributed by atoms with Crippen molar-refractivity contribution in [2.45, 2.75) is 42.8 Å². The summed E-state index contributed by atoms with van der Waals surface area (Å²) in [6, 6.07) is 6.67. The maximum Gasteiger partial charge on any atom is 0.126 e. The van der Waals surface area contributed by atoms with Crippen LogP contribution in [0.3, 0.4) is 0 Å². The summed E-state index contributed by atoms with van der Waals surface area (Å²) in [5.74, 6) is 1.90. The molecule has 1 aromatic carbocycles. The molecule has 1 heterocycles. The summed E-state index contributed by atoms with van der Waals surface area (Å²) < 4.78 is 5.80. The van der Waals surface area contributed by atoms with Crippen LogP contribution in [0.1, 0.15) is 42.7 Å². The van der Waals surface area contributed by atoms with Crippen LogP contribution in [0.5, 0.6) is 5.75 Å². The first-order valence-corrected chi connectivity index (χ1v) is 7.15. The highest BCUT2D eigenvalue weighted by atomic mass is 79.9. The molecule has 0 spiro atoms. The first-order chi connectivity index (χ1) is 7.84. The SMILES string of the molecule is BrC1CCCC(c2cccc3c2OCC3)C1. The topological polar surface area (TPSA) is 9.23 Å². The number of rotatable bonds is 1. The van der Waals surface area contributed by atoms with Crippen LogP contribution in [0.2, 0.25) is 0 Å². The van der Waals surface area contributed by atoms with Crippen LogP contribution in [-0.2, 0) is 6.42 Å². The number of ether oxygens (including phenoxy) is 1. The number of hydrogen-bond acceptors (Lipinski definition) is 1. The van der Waals surface area contributed by atoms with E-state index in [4.69, 9.17) is 4.74 Å². The summed E-state index contributed by atoms with van der Waals surface area (Å²) >= 11 is 3.77. The Labute approximate surface area is 105 Å². The monoisotopic (exact) mass is 280 g/mol. The predicted octanol–water partition coefficient (Wildman–Crippen LogP) is 4.04. The van der Waals surface area contributed by atoms with E-state index in [1.165, 1.54) is 42.6 Å². The Morgan fingerprint density at radius 3 is 3.06 bits per heavy atom. The van der Waals surface area contributed by atoms with Gasteiger partial charge in [0, 0.05) is 11.2 Å². The highest BCUT2D eigenvalue weighted by Crippen LogP contribution is 2.42. The molecule has 0 N–H and O–H groups in total. The number of halogens is 1. The standard InChI is InChI=1S/C14H17BrO/c15-12-5-1-4-11(9-12)13-6-2-3-10-7-8-16-14(10)13/h2-3,6,11-12H,1,4-5,7-9H2. The molecule has 0 radical (unpaired) electrons. The third kappa shape index (κ3) is 1.88. The lowest BCUT2D eigenvalue weighted by molar-refractivity contribution is 0.345. The second-order valence-electron chi connectivity index (χ2n) is 4.89. The Balaban J connectivity index is 1.91. The van der Waals surface area contributed by atoms with Gasteiger partial charge in [0.1, 0.15) is 5.75 Å². The van der Waals surface area contributed by atoms with Crippen molar-refractivity contribution in [1.29, 1.82) is 0 Å². The van der Waals surface area contributed by atoms with Gasteiger partial charge in [0.15, 0.2) is 0 Å². The molecule has 2 heteroatoms. The largest absolute Gasteiger partial charge is 0.493 e. The molecule has 1 aromatic rings. The molecule has 1 nitrogen and oxygen atoms in total. The summed E-state index contributed by atoms with van der Waals surface area (Å²) in [5, 5.41) is 0. The number of para-hydroxylation sites is 1. The van der Waals surface area contributed by atoms with Crippen LogP contribution in [0.4, 0.5) is 0 Å². The lowest BCUT2D eigenvalue weighted by atomic mass is 9.83. The Bertz CT molecular complexity index is 388. The van der Waals surface area contributed by atoms with Gasteiger partial charge in [0.2, 0.25) is 0 Å². The zero-order chi connectivity index (χ0) is 11.0. The number of benzene rings is 1. The van der Waals surface area contributed by atoms with E-state index in [1.54, 1.807) is 0 Å².